The van der Waals surface area contributed by atoms with Gasteiger partial charge in [-0.05, 0) is 37.6 Å². The summed E-state index contributed by atoms with van der Waals surface area (Å²) in [6.07, 6.45) is 5.69. The maximum Gasteiger partial charge on any atom is 0.172 e. The zero-order valence-corrected chi connectivity index (χ0v) is 13.0. The van der Waals surface area contributed by atoms with Gasteiger partial charge in [-0.15, -0.1) is 0 Å². The fourth-order valence-corrected chi connectivity index (χ4v) is 3.16. The minimum Gasteiger partial charge on any atom is -0.295 e. The maximum atomic E-state index is 4.47. The second-order valence-corrected chi connectivity index (χ2v) is 5.92. The standard InChI is InChI=1S/C17H17N3S/c1-13-6-7-16(14(2)11-13)20-10-9-19-17(20)21-12-15-5-3-4-8-18-15/h3-11H,12H2,1-2H3. The van der Waals surface area contributed by atoms with E-state index in [1.54, 1.807) is 11.8 Å². The highest BCUT2D eigenvalue weighted by Crippen LogP contribution is 2.25. The third-order valence-corrected chi connectivity index (χ3v) is 4.29. The molecule has 4 heteroatoms. The van der Waals surface area contributed by atoms with Crippen molar-refractivity contribution in [1.29, 1.82) is 0 Å². The molecule has 0 saturated carbocycles. The molecule has 106 valence electrons. The Bertz CT molecular complexity index is 735. The van der Waals surface area contributed by atoms with Gasteiger partial charge in [-0.25, -0.2) is 4.98 Å². The van der Waals surface area contributed by atoms with Crippen LogP contribution in [0.3, 0.4) is 0 Å². The third-order valence-electron chi connectivity index (χ3n) is 3.29. The number of benzene rings is 1. The molecule has 3 aromatic rings. The quantitative estimate of drug-likeness (QED) is 0.677. The first kappa shape index (κ1) is 13.9. The number of nitrogens with zero attached hydrogens (tertiary/aromatic N) is 3. The molecule has 0 atom stereocenters. The number of imidazole rings is 1. The number of aryl methyl sites for hydroxylation is 2. The molecule has 3 rings (SSSR count). The van der Waals surface area contributed by atoms with Crippen LogP contribution in [0.5, 0.6) is 0 Å². The predicted molar refractivity (Wildman–Crippen MR) is 86.8 cm³/mol. The van der Waals surface area contributed by atoms with Crippen LogP contribution in [-0.4, -0.2) is 14.5 Å². The van der Waals surface area contributed by atoms with Gasteiger partial charge in [0.2, 0.25) is 0 Å². The average Bonchev–Trinajstić information content (AvgIpc) is 2.94. The van der Waals surface area contributed by atoms with E-state index in [-0.39, 0.29) is 0 Å². The zero-order valence-electron chi connectivity index (χ0n) is 12.2. The van der Waals surface area contributed by atoms with E-state index in [4.69, 9.17) is 0 Å². The number of rotatable bonds is 4. The Kier molecular flexibility index (Phi) is 4.06. The average molecular weight is 295 g/mol. The van der Waals surface area contributed by atoms with Crippen molar-refractivity contribution in [3.05, 3.63) is 71.8 Å². The lowest BCUT2D eigenvalue weighted by molar-refractivity contribution is 0.886. The van der Waals surface area contributed by atoms with E-state index in [1.807, 2.05) is 36.8 Å². The van der Waals surface area contributed by atoms with Crippen LogP contribution in [0.4, 0.5) is 0 Å². The molecule has 0 saturated heterocycles. The SMILES string of the molecule is Cc1ccc(-n2ccnc2SCc2ccccn2)c(C)c1. The van der Waals surface area contributed by atoms with Crippen molar-refractivity contribution in [3.8, 4) is 5.69 Å². The molecule has 0 unspecified atom stereocenters. The van der Waals surface area contributed by atoms with Gasteiger partial charge in [0, 0.05) is 24.3 Å². The van der Waals surface area contributed by atoms with Gasteiger partial charge in [-0.3, -0.25) is 9.55 Å². The summed E-state index contributed by atoms with van der Waals surface area (Å²) >= 11 is 1.70. The van der Waals surface area contributed by atoms with E-state index in [9.17, 15) is 0 Å². The van der Waals surface area contributed by atoms with Crippen molar-refractivity contribution in [2.45, 2.75) is 24.8 Å². The van der Waals surface area contributed by atoms with Crippen LogP contribution < -0.4 is 0 Å². The summed E-state index contributed by atoms with van der Waals surface area (Å²) in [6.45, 7) is 4.25. The summed E-state index contributed by atoms with van der Waals surface area (Å²) in [5.74, 6) is 0.822. The van der Waals surface area contributed by atoms with Crippen molar-refractivity contribution < 1.29 is 0 Å². The fraction of sp³-hybridized carbons (Fsp3) is 0.176. The number of pyridine rings is 1. The number of hydrogen-bond donors (Lipinski definition) is 0. The fourth-order valence-electron chi connectivity index (χ4n) is 2.28. The molecule has 1 aromatic carbocycles. The van der Waals surface area contributed by atoms with Crippen LogP contribution >= 0.6 is 11.8 Å². The van der Waals surface area contributed by atoms with Gasteiger partial charge in [-0.2, -0.15) is 0 Å². The Balaban J connectivity index is 1.84. The van der Waals surface area contributed by atoms with Gasteiger partial charge in [0.25, 0.3) is 0 Å². The molecule has 0 fully saturated rings. The Morgan fingerprint density at radius 1 is 1.05 bits per heavy atom. The summed E-state index contributed by atoms with van der Waals surface area (Å²) in [6, 6.07) is 12.5. The molecule has 0 N–H and O–H groups in total. The van der Waals surface area contributed by atoms with E-state index in [0.717, 1.165) is 16.6 Å². The molecule has 2 aromatic heterocycles. The molecule has 0 bridgehead atoms. The molecule has 3 nitrogen and oxygen atoms in total. The second kappa shape index (κ2) is 6.14. The van der Waals surface area contributed by atoms with Gasteiger partial charge in [0.15, 0.2) is 5.16 Å². The summed E-state index contributed by atoms with van der Waals surface area (Å²) in [5.41, 5.74) is 4.78. The number of hydrogen-bond acceptors (Lipinski definition) is 3. The molecule has 0 radical (unpaired) electrons. The number of thioether (sulfide) groups is 1. The second-order valence-electron chi connectivity index (χ2n) is 4.98. The summed E-state index contributed by atoms with van der Waals surface area (Å²) in [4.78, 5) is 8.82. The largest absolute Gasteiger partial charge is 0.295 e. The van der Waals surface area contributed by atoms with E-state index in [1.165, 1.54) is 16.8 Å². The summed E-state index contributed by atoms with van der Waals surface area (Å²) in [7, 11) is 0. The molecule has 2 heterocycles. The monoisotopic (exact) mass is 295 g/mol. The van der Waals surface area contributed by atoms with Crippen LogP contribution in [-0.2, 0) is 5.75 Å². The van der Waals surface area contributed by atoms with E-state index < -0.39 is 0 Å². The molecule has 0 aliphatic carbocycles. The van der Waals surface area contributed by atoms with Crippen LogP contribution in [0.25, 0.3) is 5.69 Å². The normalized spacial score (nSPS) is 10.8. The first-order valence-electron chi connectivity index (χ1n) is 6.88. The predicted octanol–water partition coefficient (Wildman–Crippen LogP) is 4.18. The Labute approximate surface area is 129 Å². The van der Waals surface area contributed by atoms with Crippen LogP contribution in [0.2, 0.25) is 0 Å². The van der Waals surface area contributed by atoms with Gasteiger partial charge in [0.05, 0.1) is 11.4 Å². The third kappa shape index (κ3) is 3.16. The van der Waals surface area contributed by atoms with Crippen molar-refractivity contribution in [2.75, 3.05) is 0 Å². The maximum absolute atomic E-state index is 4.47. The van der Waals surface area contributed by atoms with Gasteiger partial charge in [-0.1, -0.05) is 35.5 Å². The highest BCUT2D eigenvalue weighted by atomic mass is 32.2. The minimum absolute atomic E-state index is 0.822. The first-order chi connectivity index (χ1) is 10.2. The van der Waals surface area contributed by atoms with Crippen molar-refractivity contribution in [2.24, 2.45) is 0 Å². The van der Waals surface area contributed by atoms with Crippen LogP contribution in [0.15, 0.2) is 60.1 Å². The summed E-state index contributed by atoms with van der Waals surface area (Å²) in [5, 5.41) is 0.993. The molecule has 21 heavy (non-hydrogen) atoms. The van der Waals surface area contributed by atoms with Crippen molar-refractivity contribution >= 4 is 11.8 Å². The zero-order chi connectivity index (χ0) is 14.7. The Morgan fingerprint density at radius 3 is 2.71 bits per heavy atom. The minimum atomic E-state index is 0.822. The lowest BCUT2D eigenvalue weighted by Gasteiger charge is -2.11. The lowest BCUT2D eigenvalue weighted by Crippen LogP contribution is -1.98. The van der Waals surface area contributed by atoms with Crippen LogP contribution in [0, 0.1) is 13.8 Å². The van der Waals surface area contributed by atoms with E-state index in [0.29, 0.717) is 0 Å². The van der Waals surface area contributed by atoms with E-state index >= 15 is 0 Å². The smallest absolute Gasteiger partial charge is 0.172 e. The van der Waals surface area contributed by atoms with Crippen molar-refractivity contribution in [3.63, 3.8) is 0 Å². The van der Waals surface area contributed by atoms with E-state index in [2.05, 4.69) is 46.6 Å². The molecule has 0 amide bonds. The van der Waals surface area contributed by atoms with Crippen molar-refractivity contribution in [1.82, 2.24) is 14.5 Å². The van der Waals surface area contributed by atoms with Gasteiger partial charge >= 0.3 is 0 Å². The first-order valence-corrected chi connectivity index (χ1v) is 7.86. The Morgan fingerprint density at radius 2 is 1.95 bits per heavy atom. The number of aromatic nitrogens is 3. The van der Waals surface area contributed by atoms with Gasteiger partial charge in [0.1, 0.15) is 0 Å². The van der Waals surface area contributed by atoms with Crippen LogP contribution in [0.1, 0.15) is 16.8 Å². The lowest BCUT2D eigenvalue weighted by atomic mass is 10.1. The van der Waals surface area contributed by atoms with Gasteiger partial charge < -0.3 is 0 Å². The Hall–Kier alpha value is -2.07. The molecule has 0 aliphatic heterocycles. The highest BCUT2D eigenvalue weighted by Gasteiger charge is 2.08. The molecule has 0 aliphatic rings. The summed E-state index contributed by atoms with van der Waals surface area (Å²) < 4.78 is 2.14. The molecular formula is C17H17N3S. The highest BCUT2D eigenvalue weighted by molar-refractivity contribution is 7.98. The molecular weight excluding hydrogens is 278 g/mol. The topological polar surface area (TPSA) is 30.7 Å². The molecule has 0 spiro atoms.